The molecule has 4 heteroatoms. The van der Waals surface area contributed by atoms with Gasteiger partial charge in [0.1, 0.15) is 5.82 Å². The van der Waals surface area contributed by atoms with E-state index in [1.54, 1.807) is 0 Å². The van der Waals surface area contributed by atoms with Gasteiger partial charge in [-0.2, -0.15) is 0 Å². The summed E-state index contributed by atoms with van der Waals surface area (Å²) in [5, 5.41) is 2.82. The molecule has 0 aliphatic carbocycles. The minimum absolute atomic E-state index is 0.0987. The summed E-state index contributed by atoms with van der Waals surface area (Å²) >= 11 is 0. The first kappa shape index (κ1) is 10.5. The Labute approximate surface area is 93.7 Å². The fourth-order valence-electron chi connectivity index (χ4n) is 1.71. The number of nitrogens with two attached hydrogens (primary N) is 1. The zero-order valence-electron chi connectivity index (χ0n) is 9.45. The Morgan fingerprint density at radius 2 is 2.06 bits per heavy atom. The zero-order valence-corrected chi connectivity index (χ0v) is 9.45. The number of aryl methyl sites for hydroxylation is 2. The third kappa shape index (κ3) is 2.00. The molecule has 0 atom stereocenters. The van der Waals surface area contributed by atoms with Crippen LogP contribution in [-0.2, 0) is 6.54 Å². The molecule has 2 rings (SSSR count). The van der Waals surface area contributed by atoms with Crippen molar-refractivity contribution in [2.45, 2.75) is 20.4 Å². The van der Waals surface area contributed by atoms with E-state index < -0.39 is 0 Å². The van der Waals surface area contributed by atoms with Crippen LogP contribution < -0.4 is 11.3 Å². The molecule has 4 nitrogen and oxygen atoms in total. The van der Waals surface area contributed by atoms with Crippen LogP contribution >= 0.6 is 0 Å². The first-order valence-electron chi connectivity index (χ1n) is 5.18. The van der Waals surface area contributed by atoms with Crippen LogP contribution in [0.15, 0.2) is 29.1 Å². The molecule has 0 spiro atoms. The van der Waals surface area contributed by atoms with E-state index in [0.717, 1.165) is 5.56 Å². The molecule has 1 aromatic carbocycles. The molecule has 0 aliphatic heterocycles. The van der Waals surface area contributed by atoms with Gasteiger partial charge in [0.25, 0.3) is 5.56 Å². The first-order valence-corrected chi connectivity index (χ1v) is 5.18. The van der Waals surface area contributed by atoms with E-state index in [9.17, 15) is 4.79 Å². The van der Waals surface area contributed by atoms with E-state index in [1.165, 1.54) is 21.9 Å². The van der Waals surface area contributed by atoms with Crippen LogP contribution in [-0.4, -0.2) is 9.78 Å². The molecule has 3 N–H and O–H groups in total. The summed E-state index contributed by atoms with van der Waals surface area (Å²) in [5.74, 6) is 0.398. The van der Waals surface area contributed by atoms with E-state index in [-0.39, 0.29) is 5.56 Å². The molecule has 2 aromatic rings. The van der Waals surface area contributed by atoms with Crippen LogP contribution in [0.4, 0.5) is 5.82 Å². The number of aromatic nitrogens is 2. The lowest BCUT2D eigenvalue weighted by Gasteiger charge is -2.07. The first-order chi connectivity index (χ1) is 7.56. The summed E-state index contributed by atoms with van der Waals surface area (Å²) in [6.45, 7) is 4.60. The number of nitrogen functional groups attached to an aromatic ring is 1. The van der Waals surface area contributed by atoms with Gasteiger partial charge in [0, 0.05) is 6.07 Å². The number of benzene rings is 1. The van der Waals surface area contributed by atoms with E-state index >= 15 is 0 Å². The quantitative estimate of drug-likeness (QED) is 0.799. The van der Waals surface area contributed by atoms with Gasteiger partial charge in [0.05, 0.1) is 6.54 Å². The molecule has 16 heavy (non-hydrogen) atoms. The van der Waals surface area contributed by atoms with Gasteiger partial charge in [0.2, 0.25) is 0 Å². The molecule has 0 unspecified atom stereocenters. The summed E-state index contributed by atoms with van der Waals surface area (Å²) in [5.41, 5.74) is 8.91. The molecule has 0 aliphatic rings. The maximum Gasteiger partial charge on any atom is 0.268 e. The Morgan fingerprint density at radius 3 is 2.69 bits per heavy atom. The molecule has 84 valence electrons. The number of nitrogens with one attached hydrogen (secondary N) is 1. The number of nitrogens with zero attached hydrogens (tertiary/aromatic N) is 1. The maximum atomic E-state index is 11.5. The van der Waals surface area contributed by atoms with Crippen molar-refractivity contribution in [2.24, 2.45) is 0 Å². The third-order valence-corrected chi connectivity index (χ3v) is 2.64. The lowest BCUT2D eigenvalue weighted by atomic mass is 10.1. The Hall–Kier alpha value is -1.97. The second kappa shape index (κ2) is 3.89. The second-order valence-electron chi connectivity index (χ2n) is 4.07. The highest BCUT2D eigenvalue weighted by Gasteiger charge is 2.03. The second-order valence-corrected chi connectivity index (χ2v) is 4.07. The monoisotopic (exact) mass is 217 g/mol. The predicted octanol–water partition coefficient (Wildman–Crippen LogP) is 1.42. The van der Waals surface area contributed by atoms with Gasteiger partial charge in [-0.3, -0.25) is 9.89 Å². The van der Waals surface area contributed by atoms with Gasteiger partial charge in [-0.05, 0) is 25.0 Å². The number of anilines is 1. The maximum absolute atomic E-state index is 11.5. The summed E-state index contributed by atoms with van der Waals surface area (Å²) in [7, 11) is 0. The highest BCUT2D eigenvalue weighted by atomic mass is 16.1. The van der Waals surface area contributed by atoms with Gasteiger partial charge in [-0.15, -0.1) is 0 Å². The number of rotatable bonds is 2. The van der Waals surface area contributed by atoms with Gasteiger partial charge < -0.3 is 5.73 Å². The minimum atomic E-state index is -0.0987. The smallest absolute Gasteiger partial charge is 0.268 e. The van der Waals surface area contributed by atoms with Crippen LogP contribution in [0.25, 0.3) is 0 Å². The molecule has 1 aromatic heterocycles. The molecule has 1 heterocycles. The molecule has 0 amide bonds. The van der Waals surface area contributed by atoms with Crippen molar-refractivity contribution < 1.29 is 0 Å². The normalized spacial score (nSPS) is 10.6. The Bertz CT molecular complexity index is 566. The average molecular weight is 217 g/mol. The number of hydrogen-bond donors (Lipinski definition) is 2. The van der Waals surface area contributed by atoms with Crippen molar-refractivity contribution in [1.29, 1.82) is 0 Å². The molecule has 0 bridgehead atoms. The highest BCUT2D eigenvalue weighted by molar-refractivity contribution is 5.31. The van der Waals surface area contributed by atoms with Crippen LogP contribution in [0.1, 0.15) is 16.7 Å². The largest absolute Gasteiger partial charge is 0.384 e. The van der Waals surface area contributed by atoms with Gasteiger partial charge in [-0.1, -0.05) is 23.8 Å². The SMILES string of the molecule is Cc1ccc(C)c(Cn2[nH]c(N)cc2=O)c1. The summed E-state index contributed by atoms with van der Waals surface area (Å²) < 4.78 is 1.51. The van der Waals surface area contributed by atoms with Crippen molar-refractivity contribution >= 4 is 5.82 Å². The molecular weight excluding hydrogens is 202 g/mol. The van der Waals surface area contributed by atoms with E-state index in [0.29, 0.717) is 12.4 Å². The Balaban J connectivity index is 2.37. The number of aromatic amines is 1. The Kier molecular flexibility index (Phi) is 2.56. The third-order valence-electron chi connectivity index (χ3n) is 2.64. The lowest BCUT2D eigenvalue weighted by molar-refractivity contribution is 0.664. The summed E-state index contributed by atoms with van der Waals surface area (Å²) in [6.07, 6.45) is 0. The average Bonchev–Trinajstić information content (AvgIpc) is 2.51. The van der Waals surface area contributed by atoms with E-state index in [1.807, 2.05) is 13.8 Å². The fourth-order valence-corrected chi connectivity index (χ4v) is 1.71. The van der Waals surface area contributed by atoms with Gasteiger partial charge >= 0.3 is 0 Å². The lowest BCUT2D eigenvalue weighted by Crippen LogP contribution is -2.17. The number of H-pyrrole nitrogens is 1. The van der Waals surface area contributed by atoms with Crippen LogP contribution in [0, 0.1) is 13.8 Å². The molecule has 0 radical (unpaired) electrons. The van der Waals surface area contributed by atoms with Crippen molar-refractivity contribution in [2.75, 3.05) is 5.73 Å². The molecule has 0 saturated carbocycles. The molecule has 0 saturated heterocycles. The van der Waals surface area contributed by atoms with Gasteiger partial charge in [-0.25, -0.2) is 4.68 Å². The van der Waals surface area contributed by atoms with Crippen molar-refractivity contribution in [3.05, 3.63) is 51.3 Å². The Morgan fingerprint density at radius 1 is 1.31 bits per heavy atom. The van der Waals surface area contributed by atoms with Crippen molar-refractivity contribution in [1.82, 2.24) is 9.78 Å². The zero-order chi connectivity index (χ0) is 11.7. The van der Waals surface area contributed by atoms with Crippen molar-refractivity contribution in [3.8, 4) is 0 Å². The summed E-state index contributed by atoms with van der Waals surface area (Å²) in [4.78, 5) is 11.5. The predicted molar refractivity (Wildman–Crippen MR) is 64.5 cm³/mol. The molecule has 0 fully saturated rings. The summed E-state index contributed by atoms with van der Waals surface area (Å²) in [6, 6.07) is 7.59. The molecular formula is C12H15N3O. The standard InChI is InChI=1S/C12H15N3O/c1-8-3-4-9(2)10(5-8)7-15-12(16)6-11(13)14-15/h3-6,14H,7,13H2,1-2H3. The highest BCUT2D eigenvalue weighted by Crippen LogP contribution is 2.11. The number of hydrogen-bond acceptors (Lipinski definition) is 2. The fraction of sp³-hybridized carbons (Fsp3) is 0.250. The van der Waals surface area contributed by atoms with Crippen molar-refractivity contribution in [3.63, 3.8) is 0 Å². The van der Waals surface area contributed by atoms with Crippen LogP contribution in [0.2, 0.25) is 0 Å². The van der Waals surface area contributed by atoms with Crippen LogP contribution in [0.3, 0.4) is 0 Å². The topological polar surface area (TPSA) is 63.8 Å². The van der Waals surface area contributed by atoms with E-state index in [4.69, 9.17) is 5.73 Å². The van der Waals surface area contributed by atoms with Crippen LogP contribution in [0.5, 0.6) is 0 Å². The van der Waals surface area contributed by atoms with E-state index in [2.05, 4.69) is 23.3 Å². The van der Waals surface area contributed by atoms with Gasteiger partial charge in [0.15, 0.2) is 0 Å². The minimum Gasteiger partial charge on any atom is -0.384 e.